The fraction of sp³-hybridized carbons (Fsp3) is 0.684. The third-order valence-corrected chi connectivity index (χ3v) is 5.66. The van der Waals surface area contributed by atoms with E-state index in [1.165, 1.54) is 19.3 Å². The normalized spacial score (nSPS) is 19.5. The average Bonchev–Trinajstić information content (AvgIpc) is 2.65. The third-order valence-electron chi connectivity index (χ3n) is 5.66. The molecule has 2 fully saturated rings. The van der Waals surface area contributed by atoms with Gasteiger partial charge in [-0.3, -0.25) is 4.79 Å². The Morgan fingerprint density at radius 2 is 1.80 bits per heavy atom. The van der Waals surface area contributed by atoms with Gasteiger partial charge in [0.1, 0.15) is 11.6 Å². The first-order valence-corrected chi connectivity index (χ1v) is 9.39. The summed E-state index contributed by atoms with van der Waals surface area (Å²) < 4.78 is 0. The SMILES string of the molecule is Cc1nnc(N2CCC(NC(=O)C3CCCCC3)CC2)c(C#N)c1C. The summed E-state index contributed by atoms with van der Waals surface area (Å²) in [6, 6.07) is 2.51. The van der Waals surface area contributed by atoms with Gasteiger partial charge in [0.05, 0.1) is 5.69 Å². The van der Waals surface area contributed by atoms with Crippen LogP contribution in [-0.4, -0.2) is 35.2 Å². The molecule has 1 saturated carbocycles. The Labute approximate surface area is 149 Å². The van der Waals surface area contributed by atoms with Gasteiger partial charge in [0.2, 0.25) is 5.91 Å². The van der Waals surface area contributed by atoms with Gasteiger partial charge >= 0.3 is 0 Å². The first kappa shape index (κ1) is 17.7. The minimum atomic E-state index is 0.211. The minimum absolute atomic E-state index is 0.211. The van der Waals surface area contributed by atoms with Crippen molar-refractivity contribution < 1.29 is 4.79 Å². The highest BCUT2D eigenvalue weighted by molar-refractivity contribution is 5.79. The predicted octanol–water partition coefficient (Wildman–Crippen LogP) is 2.63. The number of carbonyl (C=O) groups is 1. The van der Waals surface area contributed by atoms with Gasteiger partial charge in [-0.1, -0.05) is 19.3 Å². The Bertz CT molecular complexity index is 667. The lowest BCUT2D eigenvalue weighted by atomic mass is 9.88. The van der Waals surface area contributed by atoms with Crippen LogP contribution in [0.5, 0.6) is 0 Å². The standard InChI is InChI=1S/C19H27N5O/c1-13-14(2)22-23-18(17(13)12-20)24-10-8-16(9-11-24)21-19(25)15-6-4-3-5-7-15/h15-16H,3-11H2,1-2H3,(H,21,25). The maximum absolute atomic E-state index is 12.4. The van der Waals surface area contributed by atoms with E-state index in [2.05, 4.69) is 26.5 Å². The Morgan fingerprint density at radius 3 is 2.44 bits per heavy atom. The number of aromatic nitrogens is 2. The Morgan fingerprint density at radius 1 is 1.12 bits per heavy atom. The second kappa shape index (κ2) is 7.81. The van der Waals surface area contributed by atoms with E-state index >= 15 is 0 Å². The number of hydrogen-bond donors (Lipinski definition) is 1. The summed E-state index contributed by atoms with van der Waals surface area (Å²) in [5.41, 5.74) is 2.33. The average molecular weight is 341 g/mol. The maximum atomic E-state index is 12.4. The van der Waals surface area contributed by atoms with Gasteiger partial charge in [-0.15, -0.1) is 5.10 Å². The summed E-state index contributed by atoms with van der Waals surface area (Å²) in [6.45, 7) is 5.38. The number of carbonyl (C=O) groups excluding carboxylic acids is 1. The quantitative estimate of drug-likeness (QED) is 0.914. The first-order chi connectivity index (χ1) is 12.1. The summed E-state index contributed by atoms with van der Waals surface area (Å²) in [6.07, 6.45) is 7.47. The van der Waals surface area contributed by atoms with Crippen LogP contribution in [0.1, 0.15) is 61.8 Å². The van der Waals surface area contributed by atoms with Crippen LogP contribution in [0.2, 0.25) is 0 Å². The molecule has 1 amide bonds. The Hall–Kier alpha value is -2.16. The molecule has 0 unspecified atom stereocenters. The second-order valence-electron chi connectivity index (χ2n) is 7.33. The van der Waals surface area contributed by atoms with Crippen molar-refractivity contribution in [2.24, 2.45) is 5.92 Å². The molecule has 1 saturated heterocycles. The fourth-order valence-electron chi connectivity index (χ4n) is 3.87. The molecule has 1 aromatic heterocycles. The largest absolute Gasteiger partial charge is 0.354 e. The smallest absolute Gasteiger partial charge is 0.223 e. The van der Waals surface area contributed by atoms with E-state index in [0.29, 0.717) is 11.4 Å². The number of aryl methyl sites for hydroxylation is 1. The number of nitriles is 1. The van der Waals surface area contributed by atoms with Crippen LogP contribution in [0, 0.1) is 31.1 Å². The summed E-state index contributed by atoms with van der Waals surface area (Å²) in [7, 11) is 0. The molecule has 0 radical (unpaired) electrons. The van der Waals surface area contributed by atoms with Crippen LogP contribution >= 0.6 is 0 Å². The lowest BCUT2D eigenvalue weighted by Crippen LogP contribution is -2.47. The van der Waals surface area contributed by atoms with Gasteiger partial charge < -0.3 is 10.2 Å². The number of piperidine rings is 1. The Balaban J connectivity index is 1.58. The molecule has 0 bridgehead atoms. The van der Waals surface area contributed by atoms with Crippen molar-refractivity contribution in [1.82, 2.24) is 15.5 Å². The topological polar surface area (TPSA) is 81.9 Å². The molecule has 3 rings (SSSR count). The molecular weight excluding hydrogens is 314 g/mol. The molecule has 2 heterocycles. The fourth-order valence-corrected chi connectivity index (χ4v) is 3.87. The highest BCUT2D eigenvalue weighted by Crippen LogP contribution is 2.26. The van der Waals surface area contributed by atoms with Gasteiger partial charge in [0, 0.05) is 25.0 Å². The molecule has 6 heteroatoms. The van der Waals surface area contributed by atoms with E-state index in [1.807, 2.05) is 13.8 Å². The molecule has 2 aliphatic rings. The highest BCUT2D eigenvalue weighted by atomic mass is 16.1. The van der Waals surface area contributed by atoms with Crippen LogP contribution in [0.4, 0.5) is 5.82 Å². The third kappa shape index (κ3) is 3.92. The molecule has 0 spiro atoms. The van der Waals surface area contributed by atoms with Crippen molar-refractivity contribution in [3.63, 3.8) is 0 Å². The van der Waals surface area contributed by atoms with Crippen molar-refractivity contribution in [3.8, 4) is 6.07 Å². The molecule has 1 aliphatic carbocycles. The van der Waals surface area contributed by atoms with Gasteiger partial charge in [0.15, 0.2) is 5.82 Å². The second-order valence-corrected chi connectivity index (χ2v) is 7.33. The summed E-state index contributed by atoms with van der Waals surface area (Å²) in [4.78, 5) is 14.5. The lowest BCUT2D eigenvalue weighted by Gasteiger charge is -2.34. The predicted molar refractivity (Wildman–Crippen MR) is 96.2 cm³/mol. The van der Waals surface area contributed by atoms with Gasteiger partial charge in [-0.05, 0) is 45.1 Å². The van der Waals surface area contributed by atoms with Gasteiger partial charge in [-0.2, -0.15) is 10.4 Å². The Kier molecular flexibility index (Phi) is 5.52. The number of nitrogens with zero attached hydrogens (tertiary/aromatic N) is 4. The number of rotatable bonds is 3. The van der Waals surface area contributed by atoms with E-state index in [4.69, 9.17) is 0 Å². The minimum Gasteiger partial charge on any atom is -0.354 e. The van der Waals surface area contributed by atoms with E-state index in [1.54, 1.807) is 0 Å². The molecule has 25 heavy (non-hydrogen) atoms. The van der Waals surface area contributed by atoms with Crippen molar-refractivity contribution in [1.29, 1.82) is 5.26 Å². The molecule has 0 atom stereocenters. The molecule has 0 aromatic carbocycles. The van der Waals surface area contributed by atoms with E-state index in [9.17, 15) is 10.1 Å². The molecule has 1 N–H and O–H groups in total. The molecular formula is C19H27N5O. The van der Waals surface area contributed by atoms with Crippen molar-refractivity contribution in [2.45, 2.75) is 64.8 Å². The molecule has 1 aromatic rings. The zero-order valence-corrected chi connectivity index (χ0v) is 15.2. The molecule has 6 nitrogen and oxygen atoms in total. The van der Waals surface area contributed by atoms with Crippen molar-refractivity contribution in [3.05, 3.63) is 16.8 Å². The zero-order chi connectivity index (χ0) is 17.8. The molecule has 134 valence electrons. The van der Waals surface area contributed by atoms with Crippen LogP contribution in [-0.2, 0) is 4.79 Å². The van der Waals surface area contributed by atoms with Crippen LogP contribution < -0.4 is 10.2 Å². The van der Waals surface area contributed by atoms with Gasteiger partial charge in [0.25, 0.3) is 0 Å². The van der Waals surface area contributed by atoms with Crippen LogP contribution in [0.25, 0.3) is 0 Å². The highest BCUT2D eigenvalue weighted by Gasteiger charge is 2.27. The maximum Gasteiger partial charge on any atom is 0.223 e. The first-order valence-electron chi connectivity index (χ1n) is 9.39. The number of hydrogen-bond acceptors (Lipinski definition) is 5. The monoisotopic (exact) mass is 341 g/mol. The summed E-state index contributed by atoms with van der Waals surface area (Å²) >= 11 is 0. The lowest BCUT2D eigenvalue weighted by molar-refractivity contribution is -0.126. The van der Waals surface area contributed by atoms with Crippen LogP contribution in [0.15, 0.2) is 0 Å². The van der Waals surface area contributed by atoms with Crippen molar-refractivity contribution >= 4 is 11.7 Å². The van der Waals surface area contributed by atoms with E-state index < -0.39 is 0 Å². The number of nitrogens with one attached hydrogen (secondary N) is 1. The van der Waals surface area contributed by atoms with Gasteiger partial charge in [-0.25, -0.2) is 0 Å². The number of anilines is 1. The summed E-state index contributed by atoms with van der Waals surface area (Å²) in [5, 5.41) is 21.1. The van der Waals surface area contributed by atoms with Crippen molar-refractivity contribution in [2.75, 3.05) is 18.0 Å². The molecule has 1 aliphatic heterocycles. The summed E-state index contributed by atoms with van der Waals surface area (Å²) in [5.74, 6) is 1.13. The number of amides is 1. The van der Waals surface area contributed by atoms with E-state index in [-0.39, 0.29) is 17.9 Å². The van der Waals surface area contributed by atoms with Crippen LogP contribution in [0.3, 0.4) is 0 Å². The van der Waals surface area contributed by atoms with E-state index in [0.717, 1.165) is 50.0 Å². The zero-order valence-electron chi connectivity index (χ0n) is 15.2.